The Kier molecular flexibility index (Phi) is 12.5. The average Bonchev–Trinajstić information content (AvgIpc) is 2.98. The number of methoxy groups -OCH3 is 5. The van der Waals surface area contributed by atoms with Crippen LogP contribution in [0.15, 0.2) is 33.5 Å². The second-order valence-electron chi connectivity index (χ2n) is 9.84. The van der Waals surface area contributed by atoms with Crippen LogP contribution in [0.4, 0.5) is 0 Å². The summed E-state index contributed by atoms with van der Waals surface area (Å²) >= 11 is 0. The normalized spacial score (nSPS) is 11.1. The SMILES string of the molecule is COc1ccc(-c2oc3cc(OC)c(CCCCCCCCCCCCO)c(OC)c3c(=O)c2OC)cc1OC. The average molecular weight is 557 g/mol. The van der Waals surface area contributed by atoms with Crippen LogP contribution in [-0.2, 0) is 6.42 Å². The third-order valence-corrected chi connectivity index (χ3v) is 7.27. The molecule has 220 valence electrons. The molecule has 0 amide bonds. The van der Waals surface area contributed by atoms with Gasteiger partial charge in [-0.1, -0.05) is 51.4 Å². The van der Waals surface area contributed by atoms with E-state index in [0.29, 0.717) is 46.1 Å². The summed E-state index contributed by atoms with van der Waals surface area (Å²) in [5.74, 6) is 2.53. The van der Waals surface area contributed by atoms with Gasteiger partial charge in [-0.15, -0.1) is 0 Å². The Morgan fingerprint density at radius 3 is 1.77 bits per heavy atom. The molecule has 1 N–H and O–H groups in total. The first-order valence-corrected chi connectivity index (χ1v) is 14.2. The molecule has 0 spiro atoms. The highest BCUT2D eigenvalue weighted by molar-refractivity contribution is 5.90. The van der Waals surface area contributed by atoms with E-state index in [1.807, 2.05) is 0 Å². The van der Waals surface area contributed by atoms with E-state index in [1.54, 1.807) is 52.7 Å². The van der Waals surface area contributed by atoms with Gasteiger partial charge in [-0.25, -0.2) is 0 Å². The molecule has 0 saturated carbocycles. The molecule has 0 radical (unpaired) electrons. The molecule has 1 aromatic heterocycles. The van der Waals surface area contributed by atoms with E-state index in [4.69, 9.17) is 33.2 Å². The lowest BCUT2D eigenvalue weighted by atomic mass is 9.99. The van der Waals surface area contributed by atoms with Gasteiger partial charge in [-0.3, -0.25) is 4.79 Å². The van der Waals surface area contributed by atoms with Crippen molar-refractivity contribution in [3.05, 3.63) is 40.1 Å². The molecule has 8 nitrogen and oxygen atoms in total. The molecule has 1 heterocycles. The molecule has 0 fully saturated rings. The Morgan fingerprint density at radius 2 is 1.23 bits per heavy atom. The zero-order valence-electron chi connectivity index (χ0n) is 24.6. The monoisotopic (exact) mass is 556 g/mol. The molecule has 0 aliphatic rings. The van der Waals surface area contributed by atoms with E-state index in [2.05, 4.69) is 0 Å². The minimum absolute atomic E-state index is 0.0884. The number of hydrogen-bond donors (Lipinski definition) is 1. The quantitative estimate of drug-likeness (QED) is 0.168. The van der Waals surface area contributed by atoms with Gasteiger partial charge in [0.15, 0.2) is 17.3 Å². The van der Waals surface area contributed by atoms with E-state index in [-0.39, 0.29) is 16.9 Å². The number of benzene rings is 2. The van der Waals surface area contributed by atoms with Crippen LogP contribution in [0.3, 0.4) is 0 Å². The van der Waals surface area contributed by atoms with Gasteiger partial charge in [0.1, 0.15) is 22.5 Å². The van der Waals surface area contributed by atoms with E-state index < -0.39 is 0 Å². The topological polar surface area (TPSA) is 96.6 Å². The van der Waals surface area contributed by atoms with Gasteiger partial charge in [-0.05, 0) is 37.5 Å². The summed E-state index contributed by atoms with van der Waals surface area (Å²) < 4.78 is 34.1. The van der Waals surface area contributed by atoms with Gasteiger partial charge in [0.2, 0.25) is 11.2 Å². The molecule has 8 heteroatoms. The maximum atomic E-state index is 13.7. The summed E-state index contributed by atoms with van der Waals surface area (Å²) in [6.45, 7) is 0.297. The van der Waals surface area contributed by atoms with Crippen LogP contribution in [0.2, 0.25) is 0 Å². The molecular formula is C32H44O8. The third kappa shape index (κ3) is 7.42. The molecule has 0 atom stereocenters. The Morgan fingerprint density at radius 1 is 0.650 bits per heavy atom. The van der Waals surface area contributed by atoms with Crippen LogP contribution in [0.5, 0.6) is 28.7 Å². The van der Waals surface area contributed by atoms with Gasteiger partial charge in [0.05, 0.1) is 35.5 Å². The lowest BCUT2D eigenvalue weighted by Crippen LogP contribution is -2.11. The van der Waals surface area contributed by atoms with E-state index >= 15 is 0 Å². The zero-order valence-corrected chi connectivity index (χ0v) is 24.6. The summed E-state index contributed by atoms with van der Waals surface area (Å²) in [6, 6.07) is 7.04. The zero-order chi connectivity index (χ0) is 28.9. The molecule has 0 aliphatic heterocycles. The molecular weight excluding hydrogens is 512 g/mol. The second kappa shape index (κ2) is 16.0. The number of aliphatic hydroxyl groups excluding tert-OH is 1. The smallest absolute Gasteiger partial charge is 0.239 e. The van der Waals surface area contributed by atoms with Crippen molar-refractivity contribution in [2.75, 3.05) is 42.2 Å². The first-order valence-electron chi connectivity index (χ1n) is 14.2. The number of fused-ring (bicyclic) bond motifs is 1. The molecule has 3 rings (SSSR count). The summed E-state index contributed by atoms with van der Waals surface area (Å²) in [5, 5.41) is 9.20. The van der Waals surface area contributed by atoms with Gasteiger partial charge >= 0.3 is 0 Å². The van der Waals surface area contributed by atoms with Crippen molar-refractivity contribution in [2.45, 2.75) is 70.6 Å². The maximum Gasteiger partial charge on any atom is 0.239 e. The van der Waals surface area contributed by atoms with Crippen molar-refractivity contribution >= 4 is 11.0 Å². The van der Waals surface area contributed by atoms with Gasteiger partial charge in [0.25, 0.3) is 0 Å². The van der Waals surface area contributed by atoms with Crippen LogP contribution in [-0.4, -0.2) is 47.3 Å². The molecule has 0 unspecified atom stereocenters. The molecule has 40 heavy (non-hydrogen) atoms. The number of ether oxygens (including phenoxy) is 5. The summed E-state index contributed by atoms with van der Waals surface area (Å²) in [5.41, 5.74) is 1.51. The first-order chi connectivity index (χ1) is 19.5. The van der Waals surface area contributed by atoms with Crippen LogP contribution >= 0.6 is 0 Å². The molecule has 3 aromatic rings. The molecule has 0 saturated heterocycles. The Labute approximate surface area is 237 Å². The highest BCUT2D eigenvalue weighted by Crippen LogP contribution is 2.41. The van der Waals surface area contributed by atoms with Crippen molar-refractivity contribution in [3.63, 3.8) is 0 Å². The maximum absolute atomic E-state index is 13.7. The number of rotatable bonds is 18. The fraction of sp³-hybridized carbons (Fsp3) is 0.531. The fourth-order valence-electron chi connectivity index (χ4n) is 5.15. The predicted octanol–water partition coefficient (Wildman–Crippen LogP) is 6.94. The third-order valence-electron chi connectivity index (χ3n) is 7.27. The van der Waals surface area contributed by atoms with E-state index in [0.717, 1.165) is 37.7 Å². The number of hydrogen-bond acceptors (Lipinski definition) is 8. The Hall–Kier alpha value is -3.39. The van der Waals surface area contributed by atoms with Crippen LogP contribution in [0, 0.1) is 0 Å². The minimum atomic E-state index is -0.312. The van der Waals surface area contributed by atoms with Crippen molar-refractivity contribution in [3.8, 4) is 40.1 Å². The standard InChI is InChI=1S/C32H44O8/c1-35-24-18-17-22(20-26(24)37-3)30-32(39-5)29(34)28-27(40-30)21-25(36-2)23(31(28)38-4)16-14-12-10-8-6-7-9-11-13-15-19-33/h17-18,20-21,33H,6-16,19H2,1-5H3. The lowest BCUT2D eigenvalue weighted by Gasteiger charge is -2.17. The van der Waals surface area contributed by atoms with Gasteiger partial charge in [0, 0.05) is 23.8 Å². The van der Waals surface area contributed by atoms with Crippen LogP contribution in [0.1, 0.15) is 69.8 Å². The van der Waals surface area contributed by atoms with Crippen molar-refractivity contribution < 1.29 is 33.2 Å². The molecule has 0 bridgehead atoms. The van der Waals surface area contributed by atoms with E-state index in [1.165, 1.54) is 45.6 Å². The number of aliphatic hydroxyl groups is 1. The van der Waals surface area contributed by atoms with Crippen molar-refractivity contribution in [2.24, 2.45) is 0 Å². The lowest BCUT2D eigenvalue weighted by molar-refractivity contribution is 0.282. The highest BCUT2D eigenvalue weighted by Gasteiger charge is 2.24. The van der Waals surface area contributed by atoms with Crippen molar-refractivity contribution in [1.29, 1.82) is 0 Å². The van der Waals surface area contributed by atoms with Gasteiger partial charge < -0.3 is 33.2 Å². The summed E-state index contributed by atoms with van der Waals surface area (Å²) in [7, 11) is 7.74. The van der Waals surface area contributed by atoms with Crippen molar-refractivity contribution in [1.82, 2.24) is 0 Å². The fourth-order valence-corrected chi connectivity index (χ4v) is 5.15. The van der Waals surface area contributed by atoms with E-state index in [9.17, 15) is 4.79 Å². The Balaban J connectivity index is 1.82. The highest BCUT2D eigenvalue weighted by atomic mass is 16.5. The first kappa shape index (κ1) is 31.1. The van der Waals surface area contributed by atoms with Crippen LogP contribution < -0.4 is 29.1 Å². The molecule has 0 aliphatic carbocycles. The second-order valence-corrected chi connectivity index (χ2v) is 9.84. The van der Waals surface area contributed by atoms with Gasteiger partial charge in [-0.2, -0.15) is 0 Å². The minimum Gasteiger partial charge on any atom is -0.496 e. The summed E-state index contributed by atoms with van der Waals surface area (Å²) in [4.78, 5) is 13.7. The number of unbranched alkanes of at least 4 members (excludes halogenated alkanes) is 9. The molecule has 2 aromatic carbocycles. The summed E-state index contributed by atoms with van der Waals surface area (Å²) in [6.07, 6.45) is 12.1. The Bertz CT molecular complexity index is 1280. The largest absolute Gasteiger partial charge is 0.496 e. The predicted molar refractivity (Wildman–Crippen MR) is 158 cm³/mol. The van der Waals surface area contributed by atoms with Crippen LogP contribution in [0.25, 0.3) is 22.3 Å².